The van der Waals surface area contributed by atoms with E-state index in [-0.39, 0.29) is 0 Å². The van der Waals surface area contributed by atoms with Crippen LogP contribution in [0.5, 0.6) is 5.75 Å². The molecule has 98 valence electrons. The molecule has 1 heterocycles. The zero-order valence-electron chi connectivity index (χ0n) is 11.1. The van der Waals surface area contributed by atoms with Crippen molar-refractivity contribution in [2.45, 2.75) is 20.1 Å². The van der Waals surface area contributed by atoms with Crippen molar-refractivity contribution in [2.24, 2.45) is 0 Å². The van der Waals surface area contributed by atoms with Gasteiger partial charge in [-0.15, -0.1) is 0 Å². The molecule has 0 radical (unpaired) electrons. The predicted molar refractivity (Wildman–Crippen MR) is 70.9 cm³/mol. The van der Waals surface area contributed by atoms with E-state index >= 15 is 0 Å². The number of furan rings is 1. The van der Waals surface area contributed by atoms with Gasteiger partial charge in [0.05, 0.1) is 20.3 Å². The molecule has 2 aromatic rings. The largest absolute Gasteiger partial charge is 0.497 e. The molecule has 0 saturated carbocycles. The number of fused-ring (bicyclic) bond motifs is 1. The van der Waals surface area contributed by atoms with Crippen molar-refractivity contribution in [2.75, 3.05) is 20.8 Å². The Morgan fingerprint density at radius 2 is 2.11 bits per heavy atom. The summed E-state index contributed by atoms with van der Waals surface area (Å²) in [4.78, 5) is 0. The van der Waals surface area contributed by atoms with Gasteiger partial charge in [0, 0.05) is 18.1 Å². The molecule has 0 aliphatic heterocycles. The summed E-state index contributed by atoms with van der Waals surface area (Å²) in [5.74, 6) is 1.76. The van der Waals surface area contributed by atoms with E-state index in [4.69, 9.17) is 13.9 Å². The molecule has 0 bridgehead atoms. The molecule has 0 aliphatic carbocycles. The lowest BCUT2D eigenvalue weighted by atomic mass is 10.1. The summed E-state index contributed by atoms with van der Waals surface area (Å²) in [5, 5.41) is 4.33. The smallest absolute Gasteiger partial charge is 0.135 e. The number of hydrogen-bond acceptors (Lipinski definition) is 4. The third kappa shape index (κ3) is 2.49. The van der Waals surface area contributed by atoms with Gasteiger partial charge >= 0.3 is 0 Å². The molecule has 1 aromatic carbocycles. The molecule has 2 rings (SSSR count). The standard InChI is InChI=1S/C14H19NO3/c1-4-15-8-14-12(9-16-2)11-7-10(17-3)5-6-13(11)18-14/h5-7,15H,4,8-9H2,1-3H3. The maximum Gasteiger partial charge on any atom is 0.135 e. The fourth-order valence-corrected chi connectivity index (χ4v) is 1.99. The molecule has 0 amide bonds. The molecule has 0 aliphatic rings. The highest BCUT2D eigenvalue weighted by Crippen LogP contribution is 2.29. The van der Waals surface area contributed by atoms with E-state index < -0.39 is 0 Å². The average Bonchev–Trinajstić information content (AvgIpc) is 2.74. The predicted octanol–water partition coefficient (Wildman–Crippen LogP) is 2.70. The first kappa shape index (κ1) is 12.9. The Kier molecular flexibility index (Phi) is 4.23. The molecule has 4 nitrogen and oxygen atoms in total. The van der Waals surface area contributed by atoms with E-state index in [1.54, 1.807) is 14.2 Å². The van der Waals surface area contributed by atoms with Crippen molar-refractivity contribution in [3.63, 3.8) is 0 Å². The van der Waals surface area contributed by atoms with Crippen LogP contribution in [-0.4, -0.2) is 20.8 Å². The molecular weight excluding hydrogens is 230 g/mol. The van der Waals surface area contributed by atoms with Crippen LogP contribution >= 0.6 is 0 Å². The van der Waals surface area contributed by atoms with E-state index in [9.17, 15) is 0 Å². The zero-order chi connectivity index (χ0) is 13.0. The topological polar surface area (TPSA) is 43.6 Å². The Hall–Kier alpha value is -1.52. The molecule has 4 heteroatoms. The van der Waals surface area contributed by atoms with Crippen LogP contribution in [0.2, 0.25) is 0 Å². The Morgan fingerprint density at radius 1 is 1.28 bits per heavy atom. The van der Waals surface area contributed by atoms with Crippen LogP contribution in [0.3, 0.4) is 0 Å². The first-order chi connectivity index (χ1) is 8.80. The van der Waals surface area contributed by atoms with Gasteiger partial charge in [-0.1, -0.05) is 6.92 Å². The van der Waals surface area contributed by atoms with E-state index in [0.717, 1.165) is 34.6 Å². The summed E-state index contributed by atoms with van der Waals surface area (Å²) in [6, 6.07) is 5.82. The number of rotatable bonds is 6. The van der Waals surface area contributed by atoms with Crippen LogP contribution < -0.4 is 10.1 Å². The fourth-order valence-electron chi connectivity index (χ4n) is 1.99. The highest BCUT2D eigenvalue weighted by atomic mass is 16.5. The first-order valence-corrected chi connectivity index (χ1v) is 6.08. The van der Waals surface area contributed by atoms with Gasteiger partial charge in [-0.3, -0.25) is 0 Å². The van der Waals surface area contributed by atoms with Crippen LogP contribution in [-0.2, 0) is 17.9 Å². The summed E-state index contributed by atoms with van der Waals surface area (Å²) in [7, 11) is 3.35. The minimum Gasteiger partial charge on any atom is -0.497 e. The second-order valence-electron chi connectivity index (χ2n) is 4.08. The van der Waals surface area contributed by atoms with Crippen molar-refractivity contribution in [1.82, 2.24) is 5.32 Å². The number of nitrogens with one attached hydrogen (secondary N) is 1. The molecule has 18 heavy (non-hydrogen) atoms. The lowest BCUT2D eigenvalue weighted by Gasteiger charge is -2.03. The number of hydrogen-bond donors (Lipinski definition) is 1. The quantitative estimate of drug-likeness (QED) is 0.854. The normalized spacial score (nSPS) is 11.1. The molecule has 0 fully saturated rings. The minimum absolute atomic E-state index is 0.543. The zero-order valence-corrected chi connectivity index (χ0v) is 11.1. The third-order valence-corrected chi connectivity index (χ3v) is 2.91. The van der Waals surface area contributed by atoms with Crippen molar-refractivity contribution in [3.05, 3.63) is 29.5 Å². The Bertz CT molecular complexity index is 519. The molecule has 1 aromatic heterocycles. The summed E-state index contributed by atoms with van der Waals surface area (Å²) in [6.07, 6.45) is 0. The molecule has 0 atom stereocenters. The first-order valence-electron chi connectivity index (χ1n) is 6.08. The van der Waals surface area contributed by atoms with Crippen molar-refractivity contribution >= 4 is 11.0 Å². The van der Waals surface area contributed by atoms with Gasteiger partial charge in [-0.2, -0.15) is 0 Å². The van der Waals surface area contributed by atoms with E-state index in [0.29, 0.717) is 13.2 Å². The van der Waals surface area contributed by atoms with Crippen LogP contribution in [0.25, 0.3) is 11.0 Å². The minimum atomic E-state index is 0.543. The monoisotopic (exact) mass is 249 g/mol. The van der Waals surface area contributed by atoms with Crippen LogP contribution in [0, 0.1) is 0 Å². The van der Waals surface area contributed by atoms with Gasteiger partial charge in [-0.05, 0) is 24.7 Å². The lowest BCUT2D eigenvalue weighted by molar-refractivity contribution is 0.183. The fraction of sp³-hybridized carbons (Fsp3) is 0.429. The molecular formula is C14H19NO3. The summed E-state index contributed by atoms with van der Waals surface area (Å²) in [6.45, 7) is 4.24. The Labute approximate surface area is 107 Å². The third-order valence-electron chi connectivity index (χ3n) is 2.91. The second kappa shape index (κ2) is 5.89. The highest BCUT2D eigenvalue weighted by Gasteiger charge is 2.14. The average molecular weight is 249 g/mol. The number of benzene rings is 1. The van der Waals surface area contributed by atoms with Gasteiger partial charge in [0.15, 0.2) is 0 Å². The second-order valence-corrected chi connectivity index (χ2v) is 4.08. The number of ether oxygens (including phenoxy) is 2. The van der Waals surface area contributed by atoms with Crippen LogP contribution in [0.1, 0.15) is 18.2 Å². The van der Waals surface area contributed by atoms with Crippen LogP contribution in [0.15, 0.2) is 22.6 Å². The molecule has 0 saturated heterocycles. The maximum atomic E-state index is 5.86. The van der Waals surface area contributed by atoms with E-state index in [1.807, 2.05) is 18.2 Å². The van der Waals surface area contributed by atoms with Crippen molar-refractivity contribution in [1.29, 1.82) is 0 Å². The van der Waals surface area contributed by atoms with Gasteiger partial charge < -0.3 is 19.2 Å². The van der Waals surface area contributed by atoms with Gasteiger partial charge in [0.25, 0.3) is 0 Å². The Balaban J connectivity index is 2.46. The summed E-state index contributed by atoms with van der Waals surface area (Å²) in [5.41, 5.74) is 1.96. The highest BCUT2D eigenvalue weighted by molar-refractivity contribution is 5.83. The van der Waals surface area contributed by atoms with E-state index in [2.05, 4.69) is 12.2 Å². The lowest BCUT2D eigenvalue weighted by Crippen LogP contribution is -2.12. The molecule has 1 N–H and O–H groups in total. The van der Waals surface area contributed by atoms with Crippen molar-refractivity contribution in [3.8, 4) is 5.75 Å². The molecule has 0 spiro atoms. The molecule has 0 unspecified atom stereocenters. The SMILES string of the molecule is CCNCc1oc2ccc(OC)cc2c1COC. The van der Waals surface area contributed by atoms with Gasteiger partial charge in [0.1, 0.15) is 17.1 Å². The summed E-state index contributed by atoms with van der Waals surface area (Å²) >= 11 is 0. The van der Waals surface area contributed by atoms with Gasteiger partial charge in [0.2, 0.25) is 0 Å². The maximum absolute atomic E-state index is 5.86. The Morgan fingerprint density at radius 3 is 2.78 bits per heavy atom. The van der Waals surface area contributed by atoms with E-state index in [1.165, 1.54) is 0 Å². The van der Waals surface area contributed by atoms with Crippen molar-refractivity contribution < 1.29 is 13.9 Å². The van der Waals surface area contributed by atoms with Gasteiger partial charge in [-0.25, -0.2) is 0 Å². The van der Waals surface area contributed by atoms with Crippen LogP contribution in [0.4, 0.5) is 0 Å². The summed E-state index contributed by atoms with van der Waals surface area (Å²) < 4.78 is 16.4. The number of methoxy groups -OCH3 is 2.